The van der Waals surface area contributed by atoms with E-state index in [0.29, 0.717) is 0 Å². The Hall–Kier alpha value is -1.13. The molecule has 0 atom stereocenters. The topological polar surface area (TPSA) is 27.6 Å². The number of nitrogens with zero attached hydrogens (tertiary/aromatic N) is 2. The minimum Gasteiger partial charge on any atom is -0.316 e. The number of allylic oxidation sites excluding steroid dienone is 1. The van der Waals surface area contributed by atoms with Gasteiger partial charge in [-0.2, -0.15) is 5.10 Å². The van der Waals surface area contributed by atoms with Crippen molar-refractivity contribution in [3.05, 3.63) is 39.4 Å². The Kier molecular flexibility index (Phi) is 4.77. The first-order valence-electron chi connectivity index (χ1n) is 6.53. The fourth-order valence-electron chi connectivity index (χ4n) is 2.50. The maximum absolute atomic E-state index is 4.00. The quantitative estimate of drug-likeness (QED) is 0.684. The van der Waals surface area contributed by atoms with Crippen LogP contribution >= 0.6 is 15.9 Å². The SMILES string of the molecule is C=NN(C)/C(=C(\C)Br)c1ccc2c(c1)CCNCC2. The van der Waals surface area contributed by atoms with Gasteiger partial charge in [0.25, 0.3) is 0 Å². The summed E-state index contributed by atoms with van der Waals surface area (Å²) in [6.07, 6.45) is 2.19. The van der Waals surface area contributed by atoms with E-state index < -0.39 is 0 Å². The van der Waals surface area contributed by atoms with E-state index in [2.05, 4.69) is 51.3 Å². The van der Waals surface area contributed by atoms with Crippen molar-refractivity contribution < 1.29 is 0 Å². The molecule has 2 rings (SSSR count). The average Bonchev–Trinajstić information content (AvgIpc) is 2.63. The maximum atomic E-state index is 4.00. The average molecular weight is 322 g/mol. The molecule has 0 aliphatic carbocycles. The van der Waals surface area contributed by atoms with Gasteiger partial charge in [-0.3, -0.25) is 5.01 Å². The van der Waals surface area contributed by atoms with Crippen molar-refractivity contribution in [2.24, 2.45) is 5.10 Å². The number of halogens is 1. The lowest BCUT2D eigenvalue weighted by atomic mass is 9.98. The molecule has 1 aliphatic heterocycles. The van der Waals surface area contributed by atoms with Crippen LogP contribution in [0.2, 0.25) is 0 Å². The molecule has 0 bridgehead atoms. The molecule has 1 heterocycles. The van der Waals surface area contributed by atoms with Crippen LogP contribution in [0.25, 0.3) is 5.70 Å². The lowest BCUT2D eigenvalue weighted by Gasteiger charge is -2.19. The third kappa shape index (κ3) is 3.25. The van der Waals surface area contributed by atoms with Crippen LogP contribution in [0.1, 0.15) is 23.6 Å². The highest BCUT2D eigenvalue weighted by Gasteiger charge is 2.13. The van der Waals surface area contributed by atoms with Crippen LogP contribution in [0.15, 0.2) is 27.8 Å². The number of rotatable bonds is 3. The maximum Gasteiger partial charge on any atom is 0.0761 e. The summed E-state index contributed by atoms with van der Waals surface area (Å²) < 4.78 is 1.06. The number of hydrazone groups is 1. The van der Waals surface area contributed by atoms with Crippen LogP contribution in [-0.2, 0) is 12.8 Å². The van der Waals surface area contributed by atoms with Crippen molar-refractivity contribution >= 4 is 28.3 Å². The van der Waals surface area contributed by atoms with Gasteiger partial charge in [-0.25, -0.2) is 0 Å². The van der Waals surface area contributed by atoms with Crippen LogP contribution in [0.5, 0.6) is 0 Å². The van der Waals surface area contributed by atoms with Gasteiger partial charge in [-0.05, 0) is 50.0 Å². The van der Waals surface area contributed by atoms with Gasteiger partial charge in [-0.15, -0.1) is 0 Å². The standard InChI is InChI=1S/C15H20BrN3/c1-11(16)15(19(3)17-2)14-5-4-12-6-8-18-9-7-13(12)10-14/h4-5,10,18H,2,6-9H2,1,3H3/b15-11+. The molecule has 0 aromatic heterocycles. The van der Waals surface area contributed by atoms with Gasteiger partial charge in [0.2, 0.25) is 0 Å². The monoisotopic (exact) mass is 321 g/mol. The minimum absolute atomic E-state index is 1.05. The zero-order valence-corrected chi connectivity index (χ0v) is 13.1. The first kappa shape index (κ1) is 14.3. The molecule has 0 unspecified atom stereocenters. The Labute approximate surface area is 123 Å². The molecule has 0 spiro atoms. The Morgan fingerprint density at radius 2 is 2.00 bits per heavy atom. The summed E-state index contributed by atoms with van der Waals surface area (Å²) in [6.45, 7) is 7.76. The summed E-state index contributed by atoms with van der Waals surface area (Å²) in [7, 11) is 1.92. The summed E-state index contributed by atoms with van der Waals surface area (Å²) in [6, 6.07) is 6.70. The summed E-state index contributed by atoms with van der Waals surface area (Å²) in [5, 5.41) is 9.25. The van der Waals surface area contributed by atoms with E-state index >= 15 is 0 Å². The van der Waals surface area contributed by atoms with E-state index in [0.717, 1.165) is 36.1 Å². The molecule has 0 amide bonds. The molecule has 0 saturated heterocycles. The molecule has 0 saturated carbocycles. The smallest absolute Gasteiger partial charge is 0.0761 e. The predicted molar refractivity (Wildman–Crippen MR) is 85.6 cm³/mol. The lowest BCUT2D eigenvalue weighted by molar-refractivity contribution is 0.520. The van der Waals surface area contributed by atoms with Crippen LogP contribution in [-0.4, -0.2) is 31.9 Å². The molecule has 0 fully saturated rings. The van der Waals surface area contributed by atoms with Gasteiger partial charge in [0.05, 0.1) is 5.70 Å². The summed E-state index contributed by atoms with van der Waals surface area (Å²) in [5.74, 6) is 0. The van der Waals surface area contributed by atoms with E-state index in [4.69, 9.17) is 0 Å². The minimum atomic E-state index is 1.05. The van der Waals surface area contributed by atoms with Crippen molar-refractivity contribution in [2.75, 3.05) is 20.1 Å². The van der Waals surface area contributed by atoms with Crippen molar-refractivity contribution in [3.8, 4) is 0 Å². The number of nitrogens with one attached hydrogen (secondary N) is 1. The lowest BCUT2D eigenvalue weighted by Crippen LogP contribution is -2.16. The predicted octanol–water partition coefficient (Wildman–Crippen LogP) is 3.01. The van der Waals surface area contributed by atoms with Gasteiger partial charge in [0.1, 0.15) is 0 Å². The fourth-order valence-corrected chi connectivity index (χ4v) is 2.99. The second kappa shape index (κ2) is 6.35. The molecule has 0 radical (unpaired) electrons. The van der Waals surface area contributed by atoms with Crippen molar-refractivity contribution in [2.45, 2.75) is 19.8 Å². The molecule has 1 N–H and O–H groups in total. The summed E-state index contributed by atoms with van der Waals surface area (Å²) in [5.41, 5.74) is 5.14. The zero-order chi connectivity index (χ0) is 13.8. The van der Waals surface area contributed by atoms with E-state index in [1.54, 1.807) is 5.01 Å². The second-order valence-electron chi connectivity index (χ2n) is 4.78. The number of benzene rings is 1. The zero-order valence-electron chi connectivity index (χ0n) is 11.5. The molecule has 19 heavy (non-hydrogen) atoms. The Morgan fingerprint density at radius 3 is 2.63 bits per heavy atom. The number of hydrogen-bond acceptors (Lipinski definition) is 3. The molecular weight excluding hydrogens is 302 g/mol. The van der Waals surface area contributed by atoms with Crippen molar-refractivity contribution in [1.29, 1.82) is 0 Å². The molecule has 3 nitrogen and oxygen atoms in total. The van der Waals surface area contributed by atoms with Crippen molar-refractivity contribution in [3.63, 3.8) is 0 Å². The Bertz CT molecular complexity index is 504. The van der Waals surface area contributed by atoms with E-state index in [1.807, 2.05) is 14.0 Å². The van der Waals surface area contributed by atoms with Gasteiger partial charge < -0.3 is 5.32 Å². The highest BCUT2D eigenvalue weighted by atomic mass is 79.9. The van der Waals surface area contributed by atoms with Gasteiger partial charge in [0, 0.05) is 23.8 Å². The van der Waals surface area contributed by atoms with Crippen LogP contribution in [0, 0.1) is 0 Å². The highest BCUT2D eigenvalue weighted by molar-refractivity contribution is 9.11. The van der Waals surface area contributed by atoms with E-state index in [1.165, 1.54) is 16.7 Å². The molecule has 1 aliphatic rings. The molecule has 102 valence electrons. The number of fused-ring (bicyclic) bond motifs is 1. The third-order valence-corrected chi connectivity index (χ3v) is 3.86. The Morgan fingerprint density at radius 1 is 1.32 bits per heavy atom. The highest BCUT2D eigenvalue weighted by Crippen LogP contribution is 2.28. The second-order valence-corrected chi connectivity index (χ2v) is 5.97. The van der Waals surface area contributed by atoms with E-state index in [9.17, 15) is 0 Å². The molecule has 1 aromatic carbocycles. The van der Waals surface area contributed by atoms with Crippen LogP contribution in [0.3, 0.4) is 0 Å². The molecule has 4 heteroatoms. The Balaban J connectivity index is 2.43. The third-order valence-electron chi connectivity index (χ3n) is 3.48. The van der Waals surface area contributed by atoms with Gasteiger partial charge in [0.15, 0.2) is 0 Å². The first-order chi connectivity index (χ1) is 9.13. The number of hydrogen-bond donors (Lipinski definition) is 1. The summed E-state index contributed by atoms with van der Waals surface area (Å²) >= 11 is 3.57. The fraction of sp³-hybridized carbons (Fsp3) is 0.400. The van der Waals surface area contributed by atoms with E-state index in [-0.39, 0.29) is 0 Å². The van der Waals surface area contributed by atoms with Crippen LogP contribution < -0.4 is 5.32 Å². The molecular formula is C15H20BrN3. The molecule has 1 aromatic rings. The van der Waals surface area contributed by atoms with Crippen LogP contribution in [0.4, 0.5) is 0 Å². The first-order valence-corrected chi connectivity index (χ1v) is 7.32. The van der Waals surface area contributed by atoms with Gasteiger partial charge in [-0.1, -0.05) is 28.1 Å². The normalized spacial score (nSPS) is 16.2. The van der Waals surface area contributed by atoms with Crippen molar-refractivity contribution in [1.82, 2.24) is 10.3 Å². The van der Waals surface area contributed by atoms with Gasteiger partial charge >= 0.3 is 0 Å². The largest absolute Gasteiger partial charge is 0.316 e. The summed E-state index contributed by atoms with van der Waals surface area (Å²) in [4.78, 5) is 0.